The lowest BCUT2D eigenvalue weighted by Crippen LogP contribution is -1.95. The molecule has 0 aliphatic heterocycles. The van der Waals surface area contributed by atoms with E-state index in [9.17, 15) is 0 Å². The molecule has 0 aromatic heterocycles. The quantitative estimate of drug-likeness (QED) is 0.746. The molecule has 0 saturated heterocycles. The maximum absolute atomic E-state index is 5.78. The van der Waals surface area contributed by atoms with E-state index in [2.05, 4.69) is 0 Å². The summed E-state index contributed by atoms with van der Waals surface area (Å²) in [5, 5.41) is 0. The summed E-state index contributed by atoms with van der Waals surface area (Å²) < 4.78 is 10.3. The molecule has 1 rings (SSSR count). The molecule has 0 atom stereocenters. The highest BCUT2D eigenvalue weighted by Crippen LogP contribution is 2.31. The van der Waals surface area contributed by atoms with Crippen molar-refractivity contribution in [3.63, 3.8) is 0 Å². The number of ether oxygens (including phenoxy) is 2. The monoisotopic (exact) mass is 234 g/mol. The molecular formula is C10H12Cl2O2. The molecule has 78 valence electrons. The van der Waals surface area contributed by atoms with Crippen LogP contribution in [0.3, 0.4) is 0 Å². The van der Waals surface area contributed by atoms with Crippen LogP contribution in [0.25, 0.3) is 0 Å². The molecule has 0 unspecified atom stereocenters. The van der Waals surface area contributed by atoms with E-state index in [1.54, 1.807) is 14.2 Å². The van der Waals surface area contributed by atoms with Gasteiger partial charge in [0.05, 0.1) is 14.2 Å². The lowest BCUT2D eigenvalue weighted by Gasteiger charge is -2.11. The topological polar surface area (TPSA) is 18.5 Å². The van der Waals surface area contributed by atoms with E-state index in [4.69, 9.17) is 32.7 Å². The van der Waals surface area contributed by atoms with Gasteiger partial charge in [-0.3, -0.25) is 0 Å². The van der Waals surface area contributed by atoms with E-state index in [1.807, 2.05) is 12.1 Å². The summed E-state index contributed by atoms with van der Waals surface area (Å²) >= 11 is 11.6. The molecule has 0 N–H and O–H groups in total. The van der Waals surface area contributed by atoms with Crippen molar-refractivity contribution < 1.29 is 9.47 Å². The molecule has 0 aliphatic carbocycles. The standard InChI is InChI=1S/C10H12Cl2O2/c1-13-9-3-7(5-11)8(6-12)4-10(9)14-2/h3-4H,5-6H2,1-2H3. The van der Waals surface area contributed by atoms with E-state index < -0.39 is 0 Å². The van der Waals surface area contributed by atoms with Crippen LogP contribution in [0.2, 0.25) is 0 Å². The highest BCUT2D eigenvalue weighted by Gasteiger charge is 2.09. The Labute approximate surface area is 93.7 Å². The Bertz CT molecular complexity index is 255. The summed E-state index contributed by atoms with van der Waals surface area (Å²) in [5.74, 6) is 2.19. The van der Waals surface area contributed by atoms with Gasteiger partial charge in [-0.2, -0.15) is 0 Å². The Balaban J connectivity index is 3.20. The van der Waals surface area contributed by atoms with E-state index in [0.717, 1.165) is 11.1 Å². The van der Waals surface area contributed by atoms with E-state index in [-0.39, 0.29) is 0 Å². The predicted octanol–water partition coefficient (Wildman–Crippen LogP) is 3.18. The van der Waals surface area contributed by atoms with Crippen LogP contribution in [0, 0.1) is 0 Å². The van der Waals surface area contributed by atoms with Gasteiger partial charge in [-0.1, -0.05) is 0 Å². The Morgan fingerprint density at radius 2 is 1.29 bits per heavy atom. The molecular weight excluding hydrogens is 223 g/mol. The summed E-state index contributed by atoms with van der Waals surface area (Å²) in [4.78, 5) is 0. The fourth-order valence-electron chi connectivity index (χ4n) is 1.21. The van der Waals surface area contributed by atoms with Gasteiger partial charge in [0.25, 0.3) is 0 Å². The van der Waals surface area contributed by atoms with Crippen LogP contribution in [-0.2, 0) is 11.8 Å². The highest BCUT2D eigenvalue weighted by atomic mass is 35.5. The zero-order chi connectivity index (χ0) is 10.6. The third kappa shape index (κ3) is 2.25. The van der Waals surface area contributed by atoms with Crippen LogP contribution in [-0.4, -0.2) is 14.2 Å². The van der Waals surface area contributed by atoms with Gasteiger partial charge in [-0.05, 0) is 23.3 Å². The van der Waals surface area contributed by atoms with Crippen LogP contribution in [0.1, 0.15) is 11.1 Å². The van der Waals surface area contributed by atoms with Crippen molar-refractivity contribution in [2.24, 2.45) is 0 Å². The number of methoxy groups -OCH3 is 2. The lowest BCUT2D eigenvalue weighted by molar-refractivity contribution is 0.354. The van der Waals surface area contributed by atoms with Crippen LogP contribution in [0.5, 0.6) is 11.5 Å². The van der Waals surface area contributed by atoms with Crippen LogP contribution in [0.15, 0.2) is 12.1 Å². The average Bonchev–Trinajstić information content (AvgIpc) is 2.26. The summed E-state index contributed by atoms with van der Waals surface area (Å²) in [6.45, 7) is 0. The summed E-state index contributed by atoms with van der Waals surface area (Å²) in [7, 11) is 3.19. The first kappa shape index (κ1) is 11.5. The average molecular weight is 235 g/mol. The zero-order valence-corrected chi connectivity index (χ0v) is 9.65. The van der Waals surface area contributed by atoms with Crippen molar-refractivity contribution >= 4 is 23.2 Å². The van der Waals surface area contributed by atoms with Gasteiger partial charge in [-0.15, -0.1) is 23.2 Å². The highest BCUT2D eigenvalue weighted by molar-refractivity contribution is 6.18. The van der Waals surface area contributed by atoms with Gasteiger partial charge >= 0.3 is 0 Å². The second-order valence-electron chi connectivity index (χ2n) is 2.74. The number of alkyl halides is 2. The maximum atomic E-state index is 5.78. The largest absolute Gasteiger partial charge is 0.493 e. The molecule has 0 saturated carbocycles. The minimum atomic E-state index is 0.419. The zero-order valence-electron chi connectivity index (χ0n) is 8.14. The molecule has 1 aromatic rings. The smallest absolute Gasteiger partial charge is 0.161 e. The number of halogens is 2. The molecule has 14 heavy (non-hydrogen) atoms. The van der Waals surface area contributed by atoms with Gasteiger partial charge in [0.1, 0.15) is 0 Å². The molecule has 0 fully saturated rings. The summed E-state index contributed by atoms with van der Waals surface area (Å²) in [6, 6.07) is 3.70. The third-order valence-corrected chi connectivity index (χ3v) is 2.57. The van der Waals surface area contributed by atoms with Gasteiger partial charge < -0.3 is 9.47 Å². The number of benzene rings is 1. The summed E-state index contributed by atoms with van der Waals surface area (Å²) in [5.41, 5.74) is 1.94. The van der Waals surface area contributed by atoms with Crippen molar-refractivity contribution in [1.82, 2.24) is 0 Å². The van der Waals surface area contributed by atoms with E-state index in [0.29, 0.717) is 23.3 Å². The number of hydrogen-bond acceptors (Lipinski definition) is 2. The van der Waals surface area contributed by atoms with Crippen molar-refractivity contribution in [1.29, 1.82) is 0 Å². The lowest BCUT2D eigenvalue weighted by atomic mass is 10.1. The minimum Gasteiger partial charge on any atom is -0.493 e. The summed E-state index contributed by atoms with van der Waals surface area (Å²) in [6.07, 6.45) is 0. The Morgan fingerprint density at radius 3 is 1.50 bits per heavy atom. The fourth-order valence-corrected chi connectivity index (χ4v) is 1.71. The number of rotatable bonds is 4. The van der Waals surface area contributed by atoms with Crippen molar-refractivity contribution in [2.45, 2.75) is 11.8 Å². The van der Waals surface area contributed by atoms with E-state index >= 15 is 0 Å². The van der Waals surface area contributed by atoms with Gasteiger partial charge in [0, 0.05) is 11.8 Å². The molecule has 0 bridgehead atoms. The predicted molar refractivity (Wildman–Crippen MR) is 58.7 cm³/mol. The van der Waals surface area contributed by atoms with Crippen molar-refractivity contribution in [2.75, 3.05) is 14.2 Å². The fraction of sp³-hybridized carbons (Fsp3) is 0.400. The molecule has 0 heterocycles. The normalized spacial score (nSPS) is 10.0. The van der Waals surface area contributed by atoms with Crippen molar-refractivity contribution in [3.05, 3.63) is 23.3 Å². The van der Waals surface area contributed by atoms with Gasteiger partial charge in [0.15, 0.2) is 11.5 Å². The Kier molecular flexibility index (Phi) is 4.36. The molecule has 0 aliphatic rings. The molecule has 1 aromatic carbocycles. The van der Waals surface area contributed by atoms with Crippen LogP contribution >= 0.6 is 23.2 Å². The first-order valence-electron chi connectivity index (χ1n) is 4.12. The van der Waals surface area contributed by atoms with E-state index in [1.165, 1.54) is 0 Å². The van der Waals surface area contributed by atoms with Crippen LogP contribution < -0.4 is 9.47 Å². The third-order valence-electron chi connectivity index (χ3n) is 1.99. The second kappa shape index (κ2) is 5.32. The molecule has 0 amide bonds. The van der Waals surface area contributed by atoms with Gasteiger partial charge in [-0.25, -0.2) is 0 Å². The minimum absolute atomic E-state index is 0.419. The molecule has 4 heteroatoms. The van der Waals surface area contributed by atoms with Crippen LogP contribution in [0.4, 0.5) is 0 Å². The Hall–Kier alpha value is -0.600. The SMILES string of the molecule is COc1cc(CCl)c(CCl)cc1OC. The first-order valence-corrected chi connectivity index (χ1v) is 5.19. The van der Waals surface area contributed by atoms with Crippen molar-refractivity contribution in [3.8, 4) is 11.5 Å². The molecule has 0 radical (unpaired) electrons. The maximum Gasteiger partial charge on any atom is 0.161 e. The molecule has 0 spiro atoms. The molecule has 2 nitrogen and oxygen atoms in total. The van der Waals surface area contributed by atoms with Gasteiger partial charge in [0.2, 0.25) is 0 Å². The Morgan fingerprint density at radius 1 is 0.929 bits per heavy atom. The second-order valence-corrected chi connectivity index (χ2v) is 3.28. The number of hydrogen-bond donors (Lipinski definition) is 0. The first-order chi connectivity index (χ1) is 6.76.